The van der Waals surface area contributed by atoms with Crippen LogP contribution in [0.2, 0.25) is 0 Å². The lowest BCUT2D eigenvalue weighted by Gasteiger charge is -2.14. The highest BCUT2D eigenvalue weighted by atomic mass is 32.2. The minimum absolute atomic E-state index is 0.0816. The number of benzene rings is 1. The normalized spacial score (nSPS) is 14.7. The number of para-hydroxylation sites is 1. The molecule has 0 aliphatic heterocycles. The summed E-state index contributed by atoms with van der Waals surface area (Å²) in [6.45, 7) is 1.96. The highest BCUT2D eigenvalue weighted by Crippen LogP contribution is 2.34. The van der Waals surface area contributed by atoms with Crippen LogP contribution in [0, 0.1) is 0 Å². The molecule has 140 valence electrons. The number of anilines is 1. The van der Waals surface area contributed by atoms with Gasteiger partial charge in [-0.05, 0) is 49.8 Å². The highest BCUT2D eigenvalue weighted by molar-refractivity contribution is 8.00. The van der Waals surface area contributed by atoms with Crippen molar-refractivity contribution in [1.82, 2.24) is 9.97 Å². The summed E-state index contributed by atoms with van der Waals surface area (Å²) in [5.41, 5.74) is 1.87. The first-order chi connectivity index (χ1) is 13.2. The van der Waals surface area contributed by atoms with Crippen molar-refractivity contribution in [2.75, 3.05) is 5.32 Å². The number of aromatic amines is 1. The first kappa shape index (κ1) is 18.3. The second kappa shape index (κ2) is 7.86. The average molecular weight is 400 g/mol. The fourth-order valence-electron chi connectivity index (χ4n) is 3.40. The van der Waals surface area contributed by atoms with Crippen LogP contribution in [-0.4, -0.2) is 21.1 Å². The minimum atomic E-state index is -0.319. The average Bonchev–Trinajstić information content (AvgIpc) is 3.05. The number of nitrogens with zero attached hydrogens (tertiary/aromatic N) is 1. The van der Waals surface area contributed by atoms with Gasteiger partial charge in [0.05, 0.1) is 10.6 Å². The summed E-state index contributed by atoms with van der Waals surface area (Å²) in [7, 11) is 0. The third-order valence-corrected chi connectivity index (χ3v) is 7.20. The molecule has 1 aliphatic rings. The number of amides is 1. The van der Waals surface area contributed by atoms with Gasteiger partial charge in [0.2, 0.25) is 5.91 Å². The number of aromatic nitrogens is 2. The Labute approximate surface area is 165 Å². The summed E-state index contributed by atoms with van der Waals surface area (Å²) >= 11 is 2.95. The van der Waals surface area contributed by atoms with Gasteiger partial charge in [0, 0.05) is 10.6 Å². The molecule has 1 aromatic carbocycles. The molecule has 0 fully saturated rings. The number of nitrogens with one attached hydrogen (secondary N) is 2. The summed E-state index contributed by atoms with van der Waals surface area (Å²) in [4.78, 5) is 34.9. The van der Waals surface area contributed by atoms with Crippen LogP contribution >= 0.6 is 23.1 Å². The zero-order valence-corrected chi connectivity index (χ0v) is 16.7. The summed E-state index contributed by atoms with van der Waals surface area (Å²) in [5, 5.41) is 3.87. The molecule has 27 heavy (non-hydrogen) atoms. The van der Waals surface area contributed by atoms with Gasteiger partial charge in [-0.25, -0.2) is 4.98 Å². The van der Waals surface area contributed by atoms with Crippen LogP contribution in [0.5, 0.6) is 0 Å². The first-order valence-electron chi connectivity index (χ1n) is 9.23. The Bertz CT molecular complexity index is 1030. The summed E-state index contributed by atoms with van der Waals surface area (Å²) in [5.74, 6) is -0.0816. The maximum atomic E-state index is 12.7. The Hall–Kier alpha value is -2.12. The molecule has 1 aliphatic carbocycles. The number of hydrogen-bond acceptors (Lipinski definition) is 5. The summed E-state index contributed by atoms with van der Waals surface area (Å²) in [6, 6.07) is 9.39. The third-order valence-electron chi connectivity index (χ3n) is 4.76. The van der Waals surface area contributed by atoms with E-state index in [1.54, 1.807) is 11.3 Å². The van der Waals surface area contributed by atoms with Crippen LogP contribution in [0.15, 0.2) is 40.3 Å². The molecular weight excluding hydrogens is 378 g/mol. The maximum absolute atomic E-state index is 12.7. The van der Waals surface area contributed by atoms with Crippen LogP contribution in [0.25, 0.3) is 10.2 Å². The molecular formula is C20H21N3O2S2. The number of carbonyl (C=O) groups excluding carboxylic acids is 1. The Morgan fingerprint density at radius 2 is 2.07 bits per heavy atom. The topological polar surface area (TPSA) is 74.8 Å². The van der Waals surface area contributed by atoms with E-state index in [9.17, 15) is 9.59 Å². The van der Waals surface area contributed by atoms with Crippen molar-refractivity contribution in [3.8, 4) is 0 Å². The fourth-order valence-corrected chi connectivity index (χ4v) is 5.62. The molecule has 2 heterocycles. The van der Waals surface area contributed by atoms with E-state index in [1.165, 1.54) is 28.6 Å². The van der Waals surface area contributed by atoms with Crippen molar-refractivity contribution in [3.63, 3.8) is 0 Å². The van der Waals surface area contributed by atoms with Crippen molar-refractivity contribution in [1.29, 1.82) is 0 Å². The van der Waals surface area contributed by atoms with E-state index in [4.69, 9.17) is 0 Å². The number of hydrogen-bond donors (Lipinski definition) is 2. The maximum Gasteiger partial charge on any atom is 0.260 e. The number of fused-ring (bicyclic) bond motifs is 3. The summed E-state index contributed by atoms with van der Waals surface area (Å²) < 4.78 is 0. The molecule has 1 amide bonds. The number of aryl methyl sites for hydroxylation is 2. The van der Waals surface area contributed by atoms with Crippen molar-refractivity contribution in [2.24, 2.45) is 0 Å². The van der Waals surface area contributed by atoms with E-state index < -0.39 is 0 Å². The molecule has 0 bridgehead atoms. The molecule has 5 nitrogen and oxygen atoms in total. The van der Waals surface area contributed by atoms with Gasteiger partial charge in [-0.15, -0.1) is 11.3 Å². The quantitative estimate of drug-likeness (QED) is 0.493. The van der Waals surface area contributed by atoms with Gasteiger partial charge in [0.15, 0.2) is 5.16 Å². The van der Waals surface area contributed by atoms with E-state index in [-0.39, 0.29) is 16.7 Å². The molecule has 0 radical (unpaired) electrons. The van der Waals surface area contributed by atoms with Crippen LogP contribution in [0.4, 0.5) is 5.69 Å². The first-order valence-corrected chi connectivity index (χ1v) is 10.9. The Balaban J connectivity index is 1.58. The molecule has 0 saturated heterocycles. The smallest absolute Gasteiger partial charge is 0.260 e. The lowest BCUT2D eigenvalue weighted by Crippen LogP contribution is -2.25. The van der Waals surface area contributed by atoms with E-state index in [1.807, 2.05) is 37.3 Å². The lowest BCUT2D eigenvalue weighted by molar-refractivity contribution is -0.115. The Morgan fingerprint density at radius 1 is 1.30 bits per heavy atom. The van der Waals surface area contributed by atoms with Crippen LogP contribution < -0.4 is 10.9 Å². The minimum Gasteiger partial charge on any atom is -0.325 e. The fraction of sp³-hybridized carbons (Fsp3) is 0.350. The molecule has 0 unspecified atom stereocenters. The van der Waals surface area contributed by atoms with E-state index in [2.05, 4.69) is 15.3 Å². The third kappa shape index (κ3) is 3.80. The van der Waals surface area contributed by atoms with Gasteiger partial charge >= 0.3 is 0 Å². The molecule has 4 rings (SSSR count). The molecule has 0 spiro atoms. The predicted molar refractivity (Wildman–Crippen MR) is 112 cm³/mol. The van der Waals surface area contributed by atoms with Gasteiger partial charge in [-0.3, -0.25) is 9.59 Å². The molecule has 3 aromatic rings. The van der Waals surface area contributed by atoms with Crippen molar-refractivity contribution < 1.29 is 4.79 Å². The van der Waals surface area contributed by atoms with Crippen molar-refractivity contribution in [3.05, 3.63) is 51.1 Å². The van der Waals surface area contributed by atoms with E-state index in [0.29, 0.717) is 11.6 Å². The summed E-state index contributed by atoms with van der Waals surface area (Å²) in [6.07, 6.45) is 4.95. The lowest BCUT2D eigenvalue weighted by atomic mass is 9.97. The van der Waals surface area contributed by atoms with Gasteiger partial charge in [0.25, 0.3) is 5.56 Å². The zero-order valence-electron chi connectivity index (χ0n) is 15.1. The Morgan fingerprint density at radius 3 is 2.85 bits per heavy atom. The molecule has 1 atom stereocenters. The molecule has 2 aromatic heterocycles. The molecule has 0 saturated carbocycles. The number of H-pyrrole nitrogens is 1. The van der Waals surface area contributed by atoms with Gasteiger partial charge in [0.1, 0.15) is 4.83 Å². The monoisotopic (exact) mass is 399 g/mol. The van der Waals surface area contributed by atoms with Crippen LogP contribution in [-0.2, 0) is 17.6 Å². The van der Waals surface area contributed by atoms with E-state index in [0.717, 1.165) is 35.2 Å². The molecule has 2 N–H and O–H groups in total. The van der Waals surface area contributed by atoms with Gasteiger partial charge in [-0.1, -0.05) is 36.9 Å². The van der Waals surface area contributed by atoms with Crippen molar-refractivity contribution in [2.45, 2.75) is 49.4 Å². The van der Waals surface area contributed by atoms with Gasteiger partial charge < -0.3 is 10.3 Å². The predicted octanol–water partition coefficient (Wildman–Crippen LogP) is 4.37. The number of thiophene rings is 1. The second-order valence-electron chi connectivity index (χ2n) is 6.63. The SMILES string of the molecule is CC[C@@H](Sc1nc2sc3c(c2c(=O)[nH]1)CCCC3)C(=O)Nc1ccccc1. The van der Waals surface area contributed by atoms with Crippen LogP contribution in [0.1, 0.15) is 36.6 Å². The van der Waals surface area contributed by atoms with E-state index >= 15 is 0 Å². The number of carbonyl (C=O) groups is 1. The van der Waals surface area contributed by atoms with Gasteiger partial charge in [-0.2, -0.15) is 0 Å². The highest BCUT2D eigenvalue weighted by Gasteiger charge is 2.23. The second-order valence-corrected chi connectivity index (χ2v) is 8.91. The van der Waals surface area contributed by atoms with Crippen LogP contribution in [0.3, 0.4) is 0 Å². The largest absolute Gasteiger partial charge is 0.325 e. The number of rotatable bonds is 5. The zero-order chi connectivity index (χ0) is 18.8. The van der Waals surface area contributed by atoms with Crippen molar-refractivity contribution >= 4 is 44.9 Å². The number of thioether (sulfide) groups is 1. The molecule has 7 heteroatoms. The Kier molecular flexibility index (Phi) is 5.31. The standard InChI is InChI=1S/C20H21N3O2S2/c1-2-14(17(24)21-12-8-4-3-5-9-12)27-20-22-18(25)16-13-10-6-7-11-15(13)26-19(16)23-20/h3-5,8-9,14H,2,6-7,10-11H2,1H3,(H,21,24)(H,22,23,25)/t14-/m1/s1.